The van der Waals surface area contributed by atoms with Crippen molar-refractivity contribution in [3.05, 3.63) is 35.4 Å². The Morgan fingerprint density at radius 3 is 2.37 bits per heavy atom. The maximum Gasteiger partial charge on any atom is 0.414 e. The van der Waals surface area contributed by atoms with Crippen molar-refractivity contribution in [1.29, 1.82) is 0 Å². The Balaban J connectivity index is 2.70. The third kappa shape index (κ3) is 4.90. The molecule has 1 rings (SSSR count). The summed E-state index contributed by atoms with van der Waals surface area (Å²) in [6, 6.07) is 6.67. The third-order valence-electron chi connectivity index (χ3n) is 2.63. The van der Waals surface area contributed by atoms with Crippen LogP contribution >= 0.6 is 0 Å². The predicted molar refractivity (Wildman–Crippen MR) is 62.5 cm³/mol. The van der Waals surface area contributed by atoms with Crippen LogP contribution in [0.4, 0.5) is 13.2 Å². The van der Waals surface area contributed by atoms with E-state index < -0.39 is 18.2 Å². The average molecular weight is 276 g/mol. The molecule has 3 nitrogen and oxygen atoms in total. The van der Waals surface area contributed by atoms with Crippen LogP contribution in [0.3, 0.4) is 0 Å². The lowest BCUT2D eigenvalue weighted by atomic mass is 10.1. The zero-order valence-electron chi connectivity index (χ0n) is 10.7. The van der Waals surface area contributed by atoms with E-state index in [0.29, 0.717) is 11.1 Å². The Kier molecular flexibility index (Phi) is 5.35. The smallest absolute Gasteiger partial charge is 0.414 e. The summed E-state index contributed by atoms with van der Waals surface area (Å²) in [6.45, 7) is 0.747. The molecule has 0 fully saturated rings. The molecule has 106 valence electrons. The van der Waals surface area contributed by atoms with Gasteiger partial charge < -0.3 is 9.47 Å². The number of carbonyl (C=O) groups excluding carboxylic acids is 1. The number of carbonyl (C=O) groups is 1. The molecule has 1 atom stereocenters. The Morgan fingerprint density at radius 1 is 1.26 bits per heavy atom. The lowest BCUT2D eigenvalue weighted by Crippen LogP contribution is -2.28. The van der Waals surface area contributed by atoms with Crippen LogP contribution in [-0.4, -0.2) is 25.4 Å². The van der Waals surface area contributed by atoms with Crippen molar-refractivity contribution >= 4 is 5.97 Å². The van der Waals surface area contributed by atoms with Crippen LogP contribution in [0.5, 0.6) is 0 Å². The van der Waals surface area contributed by atoms with Gasteiger partial charge in [0.2, 0.25) is 0 Å². The van der Waals surface area contributed by atoms with Crippen LogP contribution < -0.4 is 0 Å². The van der Waals surface area contributed by atoms with E-state index in [4.69, 9.17) is 4.74 Å². The molecule has 0 aromatic heterocycles. The normalized spacial score (nSPS) is 13.1. The Morgan fingerprint density at radius 2 is 1.84 bits per heavy atom. The van der Waals surface area contributed by atoms with Crippen LogP contribution in [0.15, 0.2) is 24.3 Å². The van der Waals surface area contributed by atoms with Gasteiger partial charge in [-0.15, -0.1) is 0 Å². The van der Waals surface area contributed by atoms with E-state index in [9.17, 15) is 18.0 Å². The minimum absolute atomic E-state index is 0.0103. The van der Waals surface area contributed by atoms with Gasteiger partial charge in [0.1, 0.15) is 0 Å². The summed E-state index contributed by atoms with van der Waals surface area (Å²) in [7, 11) is 1.26. The summed E-state index contributed by atoms with van der Waals surface area (Å²) in [5.41, 5.74) is 1.15. The summed E-state index contributed by atoms with van der Waals surface area (Å²) in [6.07, 6.45) is -6.23. The van der Waals surface area contributed by atoms with Gasteiger partial charge in [-0.2, -0.15) is 13.2 Å². The fourth-order valence-corrected chi connectivity index (χ4v) is 1.41. The molecule has 0 heterocycles. The predicted octanol–water partition coefficient (Wildman–Crippen LogP) is 2.87. The zero-order chi connectivity index (χ0) is 14.5. The second-order valence-electron chi connectivity index (χ2n) is 4.02. The first-order valence-corrected chi connectivity index (χ1v) is 5.66. The highest BCUT2D eigenvalue weighted by atomic mass is 19.4. The van der Waals surface area contributed by atoms with Crippen molar-refractivity contribution in [1.82, 2.24) is 0 Å². The maximum atomic E-state index is 12.3. The minimum Gasteiger partial charge on any atom is -0.469 e. The van der Waals surface area contributed by atoms with Gasteiger partial charge in [0.15, 0.2) is 6.10 Å². The SMILES string of the molecule is COC(=O)Cc1ccccc1COC(C)C(F)(F)F. The zero-order valence-corrected chi connectivity index (χ0v) is 10.7. The molecule has 0 radical (unpaired) electrons. The molecule has 1 aromatic rings. The topological polar surface area (TPSA) is 35.5 Å². The van der Waals surface area contributed by atoms with E-state index in [1.54, 1.807) is 24.3 Å². The number of alkyl halides is 3. The third-order valence-corrected chi connectivity index (χ3v) is 2.63. The molecule has 0 saturated heterocycles. The summed E-state index contributed by atoms with van der Waals surface area (Å²) in [5, 5.41) is 0. The summed E-state index contributed by atoms with van der Waals surface area (Å²) < 4.78 is 46.3. The largest absolute Gasteiger partial charge is 0.469 e. The van der Waals surface area contributed by atoms with Gasteiger partial charge in [-0.25, -0.2) is 0 Å². The number of hydrogen-bond donors (Lipinski definition) is 0. The molecule has 6 heteroatoms. The number of hydrogen-bond acceptors (Lipinski definition) is 3. The summed E-state index contributed by atoms with van der Waals surface area (Å²) in [4.78, 5) is 11.2. The second kappa shape index (κ2) is 6.56. The van der Waals surface area contributed by atoms with Crippen LogP contribution in [0.25, 0.3) is 0 Å². The van der Waals surface area contributed by atoms with Crippen LogP contribution in [0, 0.1) is 0 Å². The average Bonchev–Trinajstić information content (AvgIpc) is 2.36. The van der Waals surface area contributed by atoms with Crippen LogP contribution in [0.1, 0.15) is 18.1 Å². The molecule has 19 heavy (non-hydrogen) atoms. The van der Waals surface area contributed by atoms with E-state index >= 15 is 0 Å². The Hall–Kier alpha value is -1.56. The Bertz CT molecular complexity index is 429. The van der Waals surface area contributed by atoms with Gasteiger partial charge in [0, 0.05) is 0 Å². The van der Waals surface area contributed by atoms with Crippen molar-refractivity contribution in [2.24, 2.45) is 0 Å². The van der Waals surface area contributed by atoms with Gasteiger partial charge >= 0.3 is 12.1 Å². The van der Waals surface area contributed by atoms with Gasteiger partial charge in [-0.05, 0) is 18.1 Å². The van der Waals surface area contributed by atoms with Crippen molar-refractivity contribution in [3.8, 4) is 0 Å². The molecule has 1 aromatic carbocycles. The first-order chi connectivity index (χ1) is 8.84. The van der Waals surface area contributed by atoms with Gasteiger partial charge in [0.25, 0.3) is 0 Å². The lowest BCUT2D eigenvalue weighted by Gasteiger charge is -2.17. The molecule has 0 aliphatic rings. The highest BCUT2D eigenvalue weighted by molar-refractivity contribution is 5.72. The van der Waals surface area contributed by atoms with Crippen LogP contribution in [-0.2, 0) is 27.3 Å². The van der Waals surface area contributed by atoms with Crippen molar-refractivity contribution in [2.75, 3.05) is 7.11 Å². The fraction of sp³-hybridized carbons (Fsp3) is 0.462. The number of ether oxygens (including phenoxy) is 2. The molecule has 0 saturated carbocycles. The minimum atomic E-state index is -4.39. The first kappa shape index (κ1) is 15.5. The van der Waals surface area contributed by atoms with Gasteiger partial charge in [-0.1, -0.05) is 24.3 Å². The number of esters is 1. The highest BCUT2D eigenvalue weighted by Crippen LogP contribution is 2.23. The van der Waals surface area contributed by atoms with Crippen LogP contribution in [0.2, 0.25) is 0 Å². The molecule has 0 aliphatic carbocycles. The second-order valence-corrected chi connectivity index (χ2v) is 4.02. The van der Waals surface area contributed by atoms with Gasteiger partial charge in [-0.3, -0.25) is 4.79 Å². The highest BCUT2D eigenvalue weighted by Gasteiger charge is 2.36. The number of halogens is 3. The quantitative estimate of drug-likeness (QED) is 0.776. The van der Waals surface area contributed by atoms with Crippen molar-refractivity contribution in [3.63, 3.8) is 0 Å². The molecule has 1 unspecified atom stereocenters. The lowest BCUT2D eigenvalue weighted by molar-refractivity contribution is -0.217. The van der Waals surface area contributed by atoms with E-state index in [0.717, 1.165) is 6.92 Å². The molecule has 0 N–H and O–H groups in total. The molecule has 0 amide bonds. The Labute approximate surface area is 109 Å². The molecule has 0 bridgehead atoms. The van der Waals surface area contributed by atoms with E-state index in [1.165, 1.54) is 7.11 Å². The number of rotatable bonds is 5. The number of methoxy groups -OCH3 is 1. The molecular weight excluding hydrogens is 261 g/mol. The maximum absolute atomic E-state index is 12.3. The molecule has 0 aliphatic heterocycles. The van der Waals surface area contributed by atoms with E-state index in [1.807, 2.05) is 0 Å². The molecule has 0 spiro atoms. The van der Waals surface area contributed by atoms with E-state index in [2.05, 4.69) is 4.74 Å². The summed E-state index contributed by atoms with van der Waals surface area (Å²) in [5.74, 6) is -0.448. The van der Waals surface area contributed by atoms with Crippen molar-refractivity contribution < 1.29 is 27.4 Å². The summed E-state index contributed by atoms with van der Waals surface area (Å²) >= 11 is 0. The first-order valence-electron chi connectivity index (χ1n) is 5.66. The number of benzene rings is 1. The van der Waals surface area contributed by atoms with Crippen molar-refractivity contribution in [2.45, 2.75) is 32.2 Å². The van der Waals surface area contributed by atoms with Gasteiger partial charge in [0.05, 0.1) is 20.1 Å². The standard InChI is InChI=1S/C13H15F3O3/c1-9(13(14,15)16)19-8-11-6-4-3-5-10(11)7-12(17)18-2/h3-6,9H,7-8H2,1-2H3. The van der Waals surface area contributed by atoms with E-state index in [-0.39, 0.29) is 13.0 Å². The fourth-order valence-electron chi connectivity index (χ4n) is 1.41. The molecular formula is C13H15F3O3. The monoisotopic (exact) mass is 276 g/mol.